The molecule has 0 aromatic heterocycles. The molecule has 0 unspecified atom stereocenters. The van der Waals surface area contributed by atoms with Gasteiger partial charge in [0.2, 0.25) is 0 Å². The molecule has 0 aliphatic carbocycles. The third kappa shape index (κ3) is 4.77. The first-order chi connectivity index (χ1) is 14.2. The number of amides is 3. The number of ether oxygens (including phenoxy) is 1. The summed E-state index contributed by atoms with van der Waals surface area (Å²) in [6.45, 7) is 2.84. The number of carbonyl (C=O) groups is 2. The van der Waals surface area contributed by atoms with Crippen LogP contribution in [-0.4, -0.2) is 60.6 Å². The largest absolute Gasteiger partial charge is 0.368 e. The minimum atomic E-state index is -0.291. The minimum Gasteiger partial charge on any atom is -0.368 e. The van der Waals surface area contributed by atoms with E-state index >= 15 is 0 Å². The number of carbonyl (C=O) groups excluding carboxylic acids is 2. The van der Waals surface area contributed by atoms with E-state index < -0.39 is 0 Å². The molecule has 1 N–H and O–H groups in total. The molecule has 2 aromatic rings. The van der Waals surface area contributed by atoms with E-state index in [1.165, 1.54) is 5.56 Å². The maximum atomic E-state index is 12.8. The first-order valence-electron chi connectivity index (χ1n) is 10.3. The van der Waals surface area contributed by atoms with E-state index in [-0.39, 0.29) is 18.0 Å². The van der Waals surface area contributed by atoms with Crippen molar-refractivity contribution in [1.82, 2.24) is 9.80 Å². The average molecular weight is 393 g/mol. The number of anilines is 1. The van der Waals surface area contributed by atoms with Gasteiger partial charge in [-0.2, -0.15) is 0 Å². The third-order valence-electron chi connectivity index (χ3n) is 5.58. The predicted molar refractivity (Wildman–Crippen MR) is 112 cm³/mol. The predicted octanol–water partition coefficient (Wildman–Crippen LogP) is 3.13. The molecule has 2 aromatic carbocycles. The highest BCUT2D eigenvalue weighted by molar-refractivity contribution is 5.90. The van der Waals surface area contributed by atoms with E-state index in [1.54, 1.807) is 4.90 Å². The van der Waals surface area contributed by atoms with Crippen LogP contribution in [0.2, 0.25) is 0 Å². The Balaban J connectivity index is 1.34. The van der Waals surface area contributed by atoms with Crippen LogP contribution in [-0.2, 0) is 16.0 Å². The Morgan fingerprint density at radius 3 is 2.34 bits per heavy atom. The first kappa shape index (κ1) is 19.5. The summed E-state index contributed by atoms with van der Waals surface area (Å²) in [6, 6.07) is 18.0. The number of piperazine rings is 1. The maximum absolute atomic E-state index is 12.8. The zero-order valence-electron chi connectivity index (χ0n) is 16.5. The monoisotopic (exact) mass is 393 g/mol. The molecule has 0 saturated carbocycles. The van der Waals surface area contributed by atoms with Gasteiger partial charge in [-0.05, 0) is 36.5 Å². The second kappa shape index (κ2) is 9.09. The molecule has 152 valence electrons. The first-order valence-corrected chi connectivity index (χ1v) is 10.3. The number of nitrogens with one attached hydrogen (secondary N) is 1. The van der Waals surface area contributed by atoms with E-state index in [0.29, 0.717) is 32.8 Å². The van der Waals surface area contributed by atoms with Crippen LogP contribution >= 0.6 is 0 Å². The van der Waals surface area contributed by atoms with E-state index in [2.05, 4.69) is 17.4 Å². The number of hydrogen-bond acceptors (Lipinski definition) is 3. The zero-order chi connectivity index (χ0) is 20.1. The van der Waals surface area contributed by atoms with E-state index in [4.69, 9.17) is 4.74 Å². The lowest BCUT2D eigenvalue weighted by Gasteiger charge is -2.35. The van der Waals surface area contributed by atoms with Crippen LogP contribution in [0.15, 0.2) is 54.6 Å². The van der Waals surface area contributed by atoms with Crippen molar-refractivity contribution in [2.24, 2.45) is 0 Å². The van der Waals surface area contributed by atoms with Crippen LogP contribution < -0.4 is 5.32 Å². The second-order valence-corrected chi connectivity index (χ2v) is 7.56. The lowest BCUT2D eigenvalue weighted by Crippen LogP contribution is -2.53. The van der Waals surface area contributed by atoms with Gasteiger partial charge < -0.3 is 19.9 Å². The molecule has 0 spiro atoms. The summed E-state index contributed by atoms with van der Waals surface area (Å²) in [5.41, 5.74) is 3.12. The van der Waals surface area contributed by atoms with Crippen LogP contribution in [0.4, 0.5) is 10.5 Å². The minimum absolute atomic E-state index is 0.0655. The standard InChI is InChI=1S/C23H27N3O3/c27-22(21-11-6-16-29-21)25-12-14-26(15-13-25)23(28)24-20-10-5-4-9-19(20)17-18-7-2-1-3-8-18/h1-5,7-10,21H,6,11-17H2,(H,24,28)/t21-/m1/s1. The van der Waals surface area contributed by atoms with Gasteiger partial charge in [0.1, 0.15) is 6.10 Å². The molecule has 3 amide bonds. The fourth-order valence-corrected chi connectivity index (χ4v) is 3.91. The van der Waals surface area contributed by atoms with Crippen LogP contribution in [0.3, 0.4) is 0 Å². The van der Waals surface area contributed by atoms with Gasteiger partial charge in [0.05, 0.1) is 0 Å². The Morgan fingerprint density at radius 1 is 0.931 bits per heavy atom. The molecular formula is C23H27N3O3. The molecular weight excluding hydrogens is 366 g/mol. The Morgan fingerprint density at radius 2 is 1.62 bits per heavy atom. The van der Waals surface area contributed by atoms with Crippen molar-refractivity contribution in [1.29, 1.82) is 0 Å². The van der Waals surface area contributed by atoms with E-state index in [1.807, 2.05) is 47.4 Å². The van der Waals surface area contributed by atoms with Crippen molar-refractivity contribution in [3.8, 4) is 0 Å². The average Bonchev–Trinajstić information content (AvgIpc) is 3.30. The molecule has 29 heavy (non-hydrogen) atoms. The van der Waals surface area contributed by atoms with E-state index in [0.717, 1.165) is 30.5 Å². The van der Waals surface area contributed by atoms with Crippen molar-refractivity contribution in [3.05, 3.63) is 65.7 Å². The zero-order valence-corrected chi connectivity index (χ0v) is 16.5. The fourth-order valence-electron chi connectivity index (χ4n) is 3.91. The summed E-state index contributed by atoms with van der Waals surface area (Å²) in [4.78, 5) is 28.9. The van der Waals surface area contributed by atoms with Gasteiger partial charge in [-0.15, -0.1) is 0 Å². The van der Waals surface area contributed by atoms with Gasteiger partial charge in [0, 0.05) is 38.5 Å². The van der Waals surface area contributed by atoms with Crippen LogP contribution in [0, 0.1) is 0 Å². The lowest BCUT2D eigenvalue weighted by atomic mass is 10.0. The van der Waals surface area contributed by atoms with Gasteiger partial charge in [0.25, 0.3) is 5.91 Å². The quantitative estimate of drug-likeness (QED) is 0.868. The Labute approximate surface area is 171 Å². The topological polar surface area (TPSA) is 61.9 Å². The second-order valence-electron chi connectivity index (χ2n) is 7.56. The lowest BCUT2D eigenvalue weighted by molar-refractivity contribution is -0.142. The fraction of sp³-hybridized carbons (Fsp3) is 0.391. The highest BCUT2D eigenvalue weighted by Gasteiger charge is 2.31. The number of urea groups is 1. The van der Waals surface area contributed by atoms with Crippen LogP contribution in [0.25, 0.3) is 0 Å². The number of rotatable bonds is 4. The molecule has 2 fully saturated rings. The Hall–Kier alpha value is -2.86. The molecule has 0 bridgehead atoms. The maximum Gasteiger partial charge on any atom is 0.321 e. The van der Waals surface area contributed by atoms with Crippen LogP contribution in [0.5, 0.6) is 0 Å². The Kier molecular flexibility index (Phi) is 6.10. The van der Waals surface area contributed by atoms with Gasteiger partial charge in [-0.1, -0.05) is 48.5 Å². The van der Waals surface area contributed by atoms with Crippen molar-refractivity contribution in [3.63, 3.8) is 0 Å². The molecule has 6 nitrogen and oxygen atoms in total. The number of para-hydroxylation sites is 1. The molecule has 2 aliphatic rings. The highest BCUT2D eigenvalue weighted by atomic mass is 16.5. The van der Waals surface area contributed by atoms with Gasteiger partial charge in [-0.3, -0.25) is 4.79 Å². The van der Waals surface area contributed by atoms with Crippen molar-refractivity contribution >= 4 is 17.6 Å². The number of hydrogen-bond donors (Lipinski definition) is 1. The van der Waals surface area contributed by atoms with Crippen LogP contribution in [0.1, 0.15) is 24.0 Å². The molecule has 2 aliphatic heterocycles. The third-order valence-corrected chi connectivity index (χ3v) is 5.58. The molecule has 1 atom stereocenters. The van der Waals surface area contributed by atoms with Gasteiger partial charge in [-0.25, -0.2) is 4.79 Å². The summed E-state index contributed by atoms with van der Waals surface area (Å²) < 4.78 is 5.50. The van der Waals surface area contributed by atoms with Crippen molar-refractivity contribution in [2.75, 3.05) is 38.1 Å². The van der Waals surface area contributed by atoms with Crippen molar-refractivity contribution < 1.29 is 14.3 Å². The summed E-state index contributed by atoms with van der Waals surface area (Å²) in [7, 11) is 0. The summed E-state index contributed by atoms with van der Waals surface area (Å²) in [6.07, 6.45) is 2.22. The molecule has 2 saturated heterocycles. The van der Waals surface area contributed by atoms with Gasteiger partial charge >= 0.3 is 6.03 Å². The molecule has 2 heterocycles. The summed E-state index contributed by atoms with van der Waals surface area (Å²) >= 11 is 0. The smallest absolute Gasteiger partial charge is 0.321 e. The highest BCUT2D eigenvalue weighted by Crippen LogP contribution is 2.20. The Bertz CT molecular complexity index is 841. The molecule has 6 heteroatoms. The molecule has 4 rings (SSSR count). The summed E-state index contributed by atoms with van der Waals surface area (Å²) in [5, 5.41) is 3.06. The van der Waals surface area contributed by atoms with Crippen molar-refractivity contribution in [2.45, 2.75) is 25.4 Å². The SMILES string of the molecule is O=C(Nc1ccccc1Cc1ccccc1)N1CCN(C(=O)[C@H]2CCCO2)CC1. The van der Waals surface area contributed by atoms with E-state index in [9.17, 15) is 9.59 Å². The summed E-state index contributed by atoms with van der Waals surface area (Å²) in [5.74, 6) is 0.0655. The molecule has 0 radical (unpaired) electrons. The number of nitrogens with zero attached hydrogens (tertiary/aromatic N) is 2. The number of benzene rings is 2. The van der Waals surface area contributed by atoms with Gasteiger partial charge in [0.15, 0.2) is 0 Å². The normalized spacial score (nSPS) is 19.2.